The van der Waals surface area contributed by atoms with Crippen LogP contribution in [-0.4, -0.2) is 77.2 Å². The van der Waals surface area contributed by atoms with Crippen LogP contribution < -0.4 is 0 Å². The summed E-state index contributed by atoms with van der Waals surface area (Å²) in [7, 11) is 3.94. The van der Waals surface area contributed by atoms with E-state index in [9.17, 15) is 4.79 Å². The number of carbonyl (C=O) groups is 1. The SMILES string of the molecule is Cc1ccccc1[C@H]1[C@@H]2CN(CCn3nccc3C)C[C@@H]2CN1C(=O)CN(C)C. The zero-order chi connectivity index (χ0) is 20.5. The van der Waals surface area contributed by atoms with Crippen LogP contribution in [0.1, 0.15) is 22.9 Å². The number of hydrogen-bond donors (Lipinski definition) is 0. The van der Waals surface area contributed by atoms with E-state index in [2.05, 4.69) is 63.8 Å². The third kappa shape index (κ3) is 4.09. The molecule has 0 N–H and O–H groups in total. The summed E-state index contributed by atoms with van der Waals surface area (Å²) in [4.78, 5) is 19.7. The van der Waals surface area contributed by atoms with Gasteiger partial charge in [0.15, 0.2) is 0 Å². The molecule has 4 rings (SSSR count). The highest BCUT2D eigenvalue weighted by atomic mass is 16.2. The Morgan fingerprint density at radius 1 is 1.10 bits per heavy atom. The van der Waals surface area contributed by atoms with Gasteiger partial charge in [-0.15, -0.1) is 0 Å². The molecule has 0 radical (unpaired) electrons. The second kappa shape index (κ2) is 8.28. The molecule has 2 aliphatic heterocycles. The molecule has 3 atom stereocenters. The topological polar surface area (TPSA) is 44.6 Å². The van der Waals surface area contributed by atoms with Crippen LogP contribution in [0.3, 0.4) is 0 Å². The van der Waals surface area contributed by atoms with Gasteiger partial charge < -0.3 is 14.7 Å². The van der Waals surface area contributed by atoms with E-state index >= 15 is 0 Å². The molecule has 29 heavy (non-hydrogen) atoms. The molecule has 2 aliphatic rings. The van der Waals surface area contributed by atoms with E-state index in [1.54, 1.807) is 0 Å². The molecule has 156 valence electrons. The fourth-order valence-electron chi connectivity index (χ4n) is 5.12. The lowest BCUT2D eigenvalue weighted by Gasteiger charge is -2.31. The quantitative estimate of drug-likeness (QED) is 0.752. The zero-order valence-corrected chi connectivity index (χ0v) is 18.1. The standard InChI is InChI=1S/C23H33N5O/c1-17-7-5-6-8-20(17)23-21-15-26(11-12-28-18(2)9-10-24-28)13-19(21)14-27(23)22(29)16-25(3)4/h5-10,19,21,23H,11-16H2,1-4H3/t19-,21-,23+/m1/s1. The first-order valence-electron chi connectivity index (χ1n) is 10.6. The number of aryl methyl sites for hydroxylation is 2. The molecule has 3 heterocycles. The molecule has 2 saturated heterocycles. The molecule has 6 heteroatoms. The summed E-state index contributed by atoms with van der Waals surface area (Å²) < 4.78 is 2.08. The lowest BCUT2D eigenvalue weighted by Crippen LogP contribution is -2.40. The Bertz CT molecular complexity index is 860. The molecule has 6 nitrogen and oxygen atoms in total. The van der Waals surface area contributed by atoms with E-state index in [1.807, 2.05) is 25.2 Å². The second-order valence-corrected chi connectivity index (χ2v) is 8.96. The van der Waals surface area contributed by atoms with Crippen molar-refractivity contribution in [2.45, 2.75) is 26.4 Å². The summed E-state index contributed by atoms with van der Waals surface area (Å²) in [6.45, 7) is 9.68. The Balaban J connectivity index is 1.51. The molecule has 0 bridgehead atoms. The molecule has 0 saturated carbocycles. The van der Waals surface area contributed by atoms with Gasteiger partial charge in [0.25, 0.3) is 0 Å². The van der Waals surface area contributed by atoms with E-state index in [0.29, 0.717) is 18.4 Å². The van der Waals surface area contributed by atoms with Crippen molar-refractivity contribution in [1.82, 2.24) is 24.5 Å². The highest BCUT2D eigenvalue weighted by Gasteiger charge is 2.49. The first kappa shape index (κ1) is 20.1. The van der Waals surface area contributed by atoms with E-state index in [4.69, 9.17) is 0 Å². The number of rotatable bonds is 6. The fourth-order valence-corrected chi connectivity index (χ4v) is 5.12. The largest absolute Gasteiger partial charge is 0.334 e. The Kier molecular flexibility index (Phi) is 5.74. The number of carbonyl (C=O) groups excluding carboxylic acids is 1. The number of amides is 1. The van der Waals surface area contributed by atoms with Crippen molar-refractivity contribution >= 4 is 5.91 Å². The molecular weight excluding hydrogens is 362 g/mol. The third-order valence-electron chi connectivity index (χ3n) is 6.58. The van der Waals surface area contributed by atoms with Crippen molar-refractivity contribution in [2.24, 2.45) is 11.8 Å². The van der Waals surface area contributed by atoms with Gasteiger partial charge in [0.1, 0.15) is 0 Å². The first-order chi connectivity index (χ1) is 13.9. The van der Waals surface area contributed by atoms with Crippen LogP contribution in [0, 0.1) is 25.7 Å². The maximum atomic E-state index is 13.0. The number of likely N-dealkylation sites (tertiary alicyclic amines) is 2. The van der Waals surface area contributed by atoms with Crippen LogP contribution in [0.4, 0.5) is 0 Å². The Hall–Kier alpha value is -2.18. The normalized spacial score (nSPS) is 24.4. The van der Waals surface area contributed by atoms with Gasteiger partial charge in [0.2, 0.25) is 5.91 Å². The lowest BCUT2D eigenvalue weighted by molar-refractivity contribution is -0.133. The van der Waals surface area contributed by atoms with Gasteiger partial charge in [-0.1, -0.05) is 24.3 Å². The Morgan fingerprint density at radius 3 is 2.59 bits per heavy atom. The van der Waals surface area contributed by atoms with Crippen LogP contribution in [0.2, 0.25) is 0 Å². The van der Waals surface area contributed by atoms with Crippen molar-refractivity contribution in [3.8, 4) is 0 Å². The zero-order valence-electron chi connectivity index (χ0n) is 18.1. The van der Waals surface area contributed by atoms with Crippen molar-refractivity contribution in [1.29, 1.82) is 0 Å². The minimum absolute atomic E-state index is 0.185. The van der Waals surface area contributed by atoms with Gasteiger partial charge in [-0.25, -0.2) is 0 Å². The van der Waals surface area contributed by atoms with Gasteiger partial charge in [-0.3, -0.25) is 9.48 Å². The maximum Gasteiger partial charge on any atom is 0.237 e. The minimum Gasteiger partial charge on any atom is -0.334 e. The van der Waals surface area contributed by atoms with Crippen molar-refractivity contribution in [2.75, 3.05) is 46.8 Å². The fraction of sp³-hybridized carbons (Fsp3) is 0.565. The highest BCUT2D eigenvalue weighted by Crippen LogP contribution is 2.45. The lowest BCUT2D eigenvalue weighted by atomic mass is 9.87. The van der Waals surface area contributed by atoms with E-state index in [1.165, 1.54) is 16.8 Å². The predicted molar refractivity (Wildman–Crippen MR) is 115 cm³/mol. The van der Waals surface area contributed by atoms with E-state index < -0.39 is 0 Å². The maximum absolute atomic E-state index is 13.0. The molecule has 2 aromatic rings. The average molecular weight is 396 g/mol. The van der Waals surface area contributed by atoms with Crippen LogP contribution in [0.5, 0.6) is 0 Å². The van der Waals surface area contributed by atoms with Crippen LogP contribution in [-0.2, 0) is 11.3 Å². The van der Waals surface area contributed by atoms with E-state index in [0.717, 1.165) is 32.7 Å². The summed E-state index contributed by atoms with van der Waals surface area (Å²) >= 11 is 0. The molecular formula is C23H33N5O. The molecule has 0 aliphatic carbocycles. The summed E-state index contributed by atoms with van der Waals surface area (Å²) in [6.07, 6.45) is 1.87. The third-order valence-corrected chi connectivity index (χ3v) is 6.58. The van der Waals surface area contributed by atoms with Crippen molar-refractivity contribution < 1.29 is 4.79 Å². The van der Waals surface area contributed by atoms with Gasteiger partial charge in [-0.05, 0) is 51.1 Å². The smallest absolute Gasteiger partial charge is 0.237 e. The van der Waals surface area contributed by atoms with Gasteiger partial charge in [-0.2, -0.15) is 5.10 Å². The van der Waals surface area contributed by atoms with Crippen LogP contribution in [0.15, 0.2) is 36.5 Å². The summed E-state index contributed by atoms with van der Waals surface area (Å²) in [5.74, 6) is 1.29. The summed E-state index contributed by atoms with van der Waals surface area (Å²) in [6, 6.07) is 10.8. The molecule has 1 aromatic carbocycles. The number of nitrogens with zero attached hydrogens (tertiary/aromatic N) is 5. The van der Waals surface area contributed by atoms with Gasteiger partial charge in [0, 0.05) is 44.0 Å². The number of benzene rings is 1. The number of likely N-dealkylation sites (N-methyl/N-ethyl adjacent to an activating group) is 1. The number of aromatic nitrogens is 2. The second-order valence-electron chi connectivity index (χ2n) is 8.96. The molecule has 0 spiro atoms. The van der Waals surface area contributed by atoms with E-state index in [-0.39, 0.29) is 11.9 Å². The van der Waals surface area contributed by atoms with Crippen LogP contribution >= 0.6 is 0 Å². The monoisotopic (exact) mass is 395 g/mol. The molecule has 0 unspecified atom stereocenters. The first-order valence-corrected chi connectivity index (χ1v) is 10.6. The van der Waals surface area contributed by atoms with Crippen LogP contribution in [0.25, 0.3) is 0 Å². The predicted octanol–water partition coefficient (Wildman–Crippen LogP) is 2.19. The molecule has 1 amide bonds. The molecule has 1 aromatic heterocycles. The summed E-state index contributed by atoms with van der Waals surface area (Å²) in [5, 5.41) is 4.42. The minimum atomic E-state index is 0.185. The summed E-state index contributed by atoms with van der Waals surface area (Å²) in [5.41, 5.74) is 3.81. The Labute approximate surface area is 174 Å². The van der Waals surface area contributed by atoms with Crippen molar-refractivity contribution in [3.05, 3.63) is 53.3 Å². The number of hydrogen-bond acceptors (Lipinski definition) is 4. The molecule has 2 fully saturated rings. The number of fused-ring (bicyclic) bond motifs is 1. The van der Waals surface area contributed by atoms with Crippen molar-refractivity contribution in [3.63, 3.8) is 0 Å². The average Bonchev–Trinajstić information content (AvgIpc) is 3.34. The van der Waals surface area contributed by atoms with Gasteiger partial charge >= 0.3 is 0 Å². The highest BCUT2D eigenvalue weighted by molar-refractivity contribution is 5.79. The van der Waals surface area contributed by atoms with Gasteiger partial charge in [0.05, 0.1) is 19.1 Å². The Morgan fingerprint density at radius 2 is 1.90 bits per heavy atom.